The molecule has 16 heavy (non-hydrogen) atoms. The number of sulfonamides is 1. The number of carboxylic acids is 1. The molecular weight excluding hydrogens is 230 g/mol. The minimum Gasteiger partial charge on any atom is -0.478 e. The van der Waals surface area contributed by atoms with Gasteiger partial charge in [-0.2, -0.15) is 0 Å². The third-order valence-electron chi connectivity index (χ3n) is 1.86. The molecule has 0 bridgehead atoms. The summed E-state index contributed by atoms with van der Waals surface area (Å²) in [5.74, 6) is -1.08. The molecule has 6 heteroatoms. The molecule has 0 atom stereocenters. The first-order chi connectivity index (χ1) is 7.45. The maximum absolute atomic E-state index is 11.4. The largest absolute Gasteiger partial charge is 0.478 e. The molecule has 0 unspecified atom stereocenters. The Balaban J connectivity index is 3.10. The minimum atomic E-state index is -3.49. The van der Waals surface area contributed by atoms with Gasteiger partial charge in [0.2, 0.25) is 10.0 Å². The minimum absolute atomic E-state index is 0.0996. The number of nitrogens with one attached hydrogen (secondary N) is 1. The highest BCUT2D eigenvalue weighted by Crippen LogP contribution is 2.12. The van der Waals surface area contributed by atoms with E-state index in [-0.39, 0.29) is 4.90 Å². The first-order valence-electron chi connectivity index (χ1n) is 4.40. The molecule has 0 aliphatic rings. The zero-order valence-corrected chi connectivity index (χ0v) is 9.36. The van der Waals surface area contributed by atoms with Crippen molar-refractivity contribution in [1.29, 1.82) is 0 Å². The highest BCUT2D eigenvalue weighted by molar-refractivity contribution is 7.89. The second kappa shape index (κ2) is 4.91. The predicted molar refractivity (Wildman–Crippen MR) is 59.4 cm³/mol. The molecule has 1 aromatic carbocycles. The molecule has 0 aromatic heterocycles. The van der Waals surface area contributed by atoms with Crippen molar-refractivity contribution in [3.8, 4) is 0 Å². The second-order valence-electron chi connectivity index (χ2n) is 2.95. The van der Waals surface area contributed by atoms with E-state index < -0.39 is 16.0 Å². The highest BCUT2D eigenvalue weighted by atomic mass is 32.2. The lowest BCUT2D eigenvalue weighted by Gasteiger charge is -2.02. The molecule has 86 valence electrons. The second-order valence-corrected chi connectivity index (χ2v) is 4.84. The Kier molecular flexibility index (Phi) is 3.81. The molecule has 0 amide bonds. The van der Waals surface area contributed by atoms with Gasteiger partial charge in [-0.1, -0.05) is 12.1 Å². The average Bonchev–Trinajstić information content (AvgIpc) is 2.27. The standard InChI is InChI=1S/C10H11NO4S/c1-11-16(14,15)9-4-2-3-8(7-9)5-6-10(12)13/h2-7,11H,1H3,(H,12,13). The molecule has 0 aliphatic heterocycles. The van der Waals surface area contributed by atoms with Gasteiger partial charge in [0.1, 0.15) is 0 Å². The molecule has 0 radical (unpaired) electrons. The zero-order valence-electron chi connectivity index (χ0n) is 8.54. The fourth-order valence-corrected chi connectivity index (χ4v) is 1.86. The Morgan fingerprint density at radius 1 is 1.44 bits per heavy atom. The van der Waals surface area contributed by atoms with Gasteiger partial charge < -0.3 is 5.11 Å². The normalized spacial score (nSPS) is 11.8. The number of hydrogen-bond donors (Lipinski definition) is 2. The van der Waals surface area contributed by atoms with Crippen LogP contribution < -0.4 is 4.72 Å². The fourth-order valence-electron chi connectivity index (χ4n) is 1.07. The summed E-state index contributed by atoms with van der Waals surface area (Å²) in [5.41, 5.74) is 0.513. The van der Waals surface area contributed by atoms with Gasteiger partial charge in [0.05, 0.1) is 4.90 Å². The molecule has 2 N–H and O–H groups in total. The van der Waals surface area contributed by atoms with Gasteiger partial charge in [0.15, 0.2) is 0 Å². The number of benzene rings is 1. The molecule has 5 nitrogen and oxygen atoms in total. The summed E-state index contributed by atoms with van der Waals surface area (Å²) in [6.45, 7) is 0. The van der Waals surface area contributed by atoms with Crippen LogP contribution in [0.5, 0.6) is 0 Å². The smallest absolute Gasteiger partial charge is 0.328 e. The summed E-state index contributed by atoms with van der Waals surface area (Å²) < 4.78 is 25.1. The lowest BCUT2D eigenvalue weighted by Crippen LogP contribution is -2.18. The first kappa shape index (κ1) is 12.4. The average molecular weight is 241 g/mol. The summed E-state index contributed by atoms with van der Waals surface area (Å²) in [7, 11) is -2.18. The molecule has 0 saturated carbocycles. The van der Waals surface area contributed by atoms with Crippen molar-refractivity contribution in [3.63, 3.8) is 0 Å². The third kappa shape index (κ3) is 3.18. The topological polar surface area (TPSA) is 83.5 Å². The van der Waals surface area contributed by atoms with E-state index in [1.54, 1.807) is 12.1 Å². The lowest BCUT2D eigenvalue weighted by molar-refractivity contribution is -0.131. The van der Waals surface area contributed by atoms with Crippen molar-refractivity contribution in [2.45, 2.75) is 4.90 Å². The van der Waals surface area contributed by atoms with Crippen LogP contribution in [0.4, 0.5) is 0 Å². The summed E-state index contributed by atoms with van der Waals surface area (Å²) in [5, 5.41) is 8.43. The van der Waals surface area contributed by atoms with Gasteiger partial charge in [-0.3, -0.25) is 0 Å². The summed E-state index contributed by atoms with van der Waals surface area (Å²) in [4.78, 5) is 10.4. The van der Waals surface area contributed by atoms with Crippen molar-refractivity contribution in [1.82, 2.24) is 4.72 Å². The monoisotopic (exact) mass is 241 g/mol. The van der Waals surface area contributed by atoms with Crippen molar-refractivity contribution >= 4 is 22.1 Å². The van der Waals surface area contributed by atoms with Crippen molar-refractivity contribution in [2.24, 2.45) is 0 Å². The Bertz CT molecular complexity index is 519. The third-order valence-corrected chi connectivity index (χ3v) is 3.27. The van der Waals surface area contributed by atoms with Gasteiger partial charge in [0, 0.05) is 6.08 Å². The van der Waals surface area contributed by atoms with Crippen LogP contribution >= 0.6 is 0 Å². The van der Waals surface area contributed by atoms with Crippen LogP contribution in [-0.4, -0.2) is 26.5 Å². The van der Waals surface area contributed by atoms with Crippen LogP contribution in [0.1, 0.15) is 5.56 Å². The molecule has 0 aliphatic carbocycles. The van der Waals surface area contributed by atoms with Gasteiger partial charge in [-0.05, 0) is 30.8 Å². The van der Waals surface area contributed by atoms with Gasteiger partial charge in [-0.15, -0.1) is 0 Å². The van der Waals surface area contributed by atoms with Crippen molar-refractivity contribution < 1.29 is 18.3 Å². The quantitative estimate of drug-likeness (QED) is 0.760. The van der Waals surface area contributed by atoms with E-state index in [2.05, 4.69) is 4.72 Å². The summed E-state index contributed by atoms with van der Waals surface area (Å²) in [6.07, 6.45) is 2.28. The van der Waals surface area contributed by atoms with Crippen LogP contribution in [0, 0.1) is 0 Å². The molecular formula is C10H11NO4S. The summed E-state index contributed by atoms with van der Waals surface area (Å²) in [6, 6.07) is 6.00. The van der Waals surface area contributed by atoms with Crippen LogP contribution in [0.15, 0.2) is 35.2 Å². The first-order valence-corrected chi connectivity index (χ1v) is 5.88. The molecule has 1 rings (SSSR count). The molecule has 0 spiro atoms. The zero-order chi connectivity index (χ0) is 12.2. The molecule has 1 aromatic rings. The van der Waals surface area contributed by atoms with E-state index in [1.165, 1.54) is 25.3 Å². The van der Waals surface area contributed by atoms with Crippen LogP contribution in [0.2, 0.25) is 0 Å². The maximum Gasteiger partial charge on any atom is 0.328 e. The van der Waals surface area contributed by atoms with Crippen LogP contribution in [0.25, 0.3) is 6.08 Å². The number of carbonyl (C=O) groups is 1. The Labute approximate surface area is 93.5 Å². The highest BCUT2D eigenvalue weighted by Gasteiger charge is 2.10. The Morgan fingerprint density at radius 2 is 2.12 bits per heavy atom. The van der Waals surface area contributed by atoms with E-state index in [1.807, 2.05) is 0 Å². The molecule has 0 saturated heterocycles. The Hall–Kier alpha value is -1.66. The van der Waals surface area contributed by atoms with E-state index in [9.17, 15) is 13.2 Å². The van der Waals surface area contributed by atoms with Gasteiger partial charge in [0.25, 0.3) is 0 Å². The lowest BCUT2D eigenvalue weighted by atomic mass is 10.2. The van der Waals surface area contributed by atoms with Crippen molar-refractivity contribution in [2.75, 3.05) is 7.05 Å². The van der Waals surface area contributed by atoms with Crippen LogP contribution in [-0.2, 0) is 14.8 Å². The number of aliphatic carboxylic acids is 1. The van der Waals surface area contributed by atoms with Gasteiger partial charge in [-0.25, -0.2) is 17.9 Å². The van der Waals surface area contributed by atoms with E-state index in [0.29, 0.717) is 5.56 Å². The van der Waals surface area contributed by atoms with Crippen LogP contribution in [0.3, 0.4) is 0 Å². The number of carboxylic acid groups (broad SMARTS) is 1. The number of hydrogen-bond acceptors (Lipinski definition) is 3. The molecule has 0 fully saturated rings. The van der Waals surface area contributed by atoms with E-state index >= 15 is 0 Å². The summed E-state index contributed by atoms with van der Waals surface area (Å²) >= 11 is 0. The van der Waals surface area contributed by atoms with Crippen molar-refractivity contribution in [3.05, 3.63) is 35.9 Å². The SMILES string of the molecule is CNS(=O)(=O)c1cccc(C=CC(=O)O)c1. The van der Waals surface area contributed by atoms with Gasteiger partial charge >= 0.3 is 5.97 Å². The Morgan fingerprint density at radius 3 is 2.69 bits per heavy atom. The maximum atomic E-state index is 11.4. The molecule has 0 heterocycles. The predicted octanol–water partition coefficient (Wildman–Crippen LogP) is 0.693. The fraction of sp³-hybridized carbons (Fsp3) is 0.100. The van der Waals surface area contributed by atoms with E-state index in [0.717, 1.165) is 6.08 Å². The van der Waals surface area contributed by atoms with E-state index in [4.69, 9.17) is 5.11 Å². The number of rotatable bonds is 4.